The van der Waals surface area contributed by atoms with E-state index >= 15 is 0 Å². The Balaban J connectivity index is 1.50. The second-order valence-corrected chi connectivity index (χ2v) is 11.0. The summed E-state index contributed by atoms with van der Waals surface area (Å²) < 4.78 is 85.2. The summed E-state index contributed by atoms with van der Waals surface area (Å²) in [5.41, 5.74) is -1.31. The zero-order chi connectivity index (χ0) is 33.6. The number of nitrogens with zero attached hydrogens (tertiary/aromatic N) is 3. The maximum atomic E-state index is 14.2. The number of anilines is 1. The number of amides is 2. The van der Waals surface area contributed by atoms with Crippen LogP contribution in [0.25, 0.3) is 0 Å². The van der Waals surface area contributed by atoms with Gasteiger partial charge in [0.25, 0.3) is 0 Å². The Kier molecular flexibility index (Phi) is 8.42. The maximum Gasteiger partial charge on any atom is 0.416 e. The van der Waals surface area contributed by atoms with E-state index in [4.69, 9.17) is 4.74 Å². The predicted octanol–water partition coefficient (Wildman–Crippen LogP) is 6.50. The molecule has 0 saturated carbocycles. The van der Waals surface area contributed by atoms with E-state index in [2.05, 4.69) is 0 Å². The van der Waals surface area contributed by atoms with Gasteiger partial charge in [0.05, 0.1) is 35.8 Å². The number of ether oxygens (including phenoxy) is 1. The smallest absolute Gasteiger partial charge is 0.416 e. The molecular formula is C33H25F6N3O4. The standard InChI is InChI=1S/C33H25F6N3O4/c1-18-27(19(2)43)28(21-8-6-20(15-40)7-9-21)29(31(45)42(18)24-5-3-4-23(14-24)33(37,38)39)30(44)41-16-26(17-41)46-25-12-10-22(11-13-25)32(34,35)36/h3-14,26,28-29H,16-17H2,1-2H3. The van der Waals surface area contributed by atoms with Gasteiger partial charge in [0, 0.05) is 22.9 Å². The van der Waals surface area contributed by atoms with Crippen molar-refractivity contribution in [2.24, 2.45) is 5.92 Å². The summed E-state index contributed by atoms with van der Waals surface area (Å²) in [5, 5.41) is 9.26. The second-order valence-electron chi connectivity index (χ2n) is 11.0. The fraction of sp³-hybridized carbons (Fsp3) is 0.273. The van der Waals surface area contributed by atoms with Gasteiger partial charge < -0.3 is 9.64 Å². The monoisotopic (exact) mass is 641 g/mol. The average Bonchev–Trinajstić information content (AvgIpc) is 2.97. The topological polar surface area (TPSA) is 90.7 Å². The van der Waals surface area contributed by atoms with Gasteiger partial charge in [-0.1, -0.05) is 18.2 Å². The number of alkyl halides is 6. The van der Waals surface area contributed by atoms with E-state index in [1.165, 1.54) is 49.1 Å². The summed E-state index contributed by atoms with van der Waals surface area (Å²) in [4.78, 5) is 43.7. The van der Waals surface area contributed by atoms with Crippen LogP contribution in [0.2, 0.25) is 0 Å². The molecule has 0 radical (unpaired) electrons. The number of rotatable bonds is 6. The first-order valence-electron chi connectivity index (χ1n) is 14.0. The lowest BCUT2D eigenvalue weighted by Gasteiger charge is -2.45. The zero-order valence-corrected chi connectivity index (χ0v) is 24.3. The highest BCUT2D eigenvalue weighted by atomic mass is 19.4. The number of ketones is 1. The minimum atomic E-state index is -4.73. The minimum Gasteiger partial charge on any atom is -0.487 e. The van der Waals surface area contributed by atoms with E-state index in [1.807, 2.05) is 6.07 Å². The molecule has 2 amide bonds. The first-order chi connectivity index (χ1) is 21.6. The Hall–Kier alpha value is -5.12. The molecule has 0 spiro atoms. The fourth-order valence-electron chi connectivity index (χ4n) is 5.75. The molecule has 1 fully saturated rings. The van der Waals surface area contributed by atoms with Crippen LogP contribution in [0.1, 0.15) is 42.0 Å². The van der Waals surface area contributed by atoms with Crippen LogP contribution in [0, 0.1) is 17.2 Å². The van der Waals surface area contributed by atoms with Crippen molar-refractivity contribution >= 4 is 23.3 Å². The lowest BCUT2D eigenvalue weighted by molar-refractivity contribution is -0.149. The molecule has 0 bridgehead atoms. The molecule has 238 valence electrons. The van der Waals surface area contributed by atoms with Crippen molar-refractivity contribution in [3.05, 3.63) is 106 Å². The van der Waals surface area contributed by atoms with E-state index in [1.54, 1.807) is 0 Å². The SMILES string of the molecule is CC(=O)C1=C(C)N(c2cccc(C(F)(F)F)c2)C(=O)C(C(=O)N2CC(Oc3ccc(C(F)(F)F)cc3)C2)C1c1ccc(C#N)cc1. The number of Topliss-reactive ketones (excluding diaryl/α,β-unsaturated/α-hetero) is 1. The molecule has 46 heavy (non-hydrogen) atoms. The lowest BCUT2D eigenvalue weighted by atomic mass is 9.73. The van der Waals surface area contributed by atoms with Crippen molar-refractivity contribution in [1.82, 2.24) is 4.90 Å². The van der Waals surface area contributed by atoms with E-state index in [0.29, 0.717) is 5.56 Å². The summed E-state index contributed by atoms with van der Waals surface area (Å²) in [6.07, 6.45) is -9.86. The summed E-state index contributed by atoms with van der Waals surface area (Å²) in [6, 6.07) is 15.9. The Bertz CT molecular complexity index is 1750. The maximum absolute atomic E-state index is 14.2. The number of nitriles is 1. The van der Waals surface area contributed by atoms with Gasteiger partial charge in [-0.2, -0.15) is 31.6 Å². The molecule has 0 aliphatic carbocycles. The Morgan fingerprint density at radius 2 is 1.50 bits per heavy atom. The van der Waals surface area contributed by atoms with Crippen molar-refractivity contribution in [2.75, 3.05) is 18.0 Å². The Labute approximate surface area is 259 Å². The van der Waals surface area contributed by atoms with Gasteiger partial charge in [-0.05, 0) is 74.0 Å². The van der Waals surface area contributed by atoms with Crippen LogP contribution < -0.4 is 9.64 Å². The Morgan fingerprint density at radius 3 is 2.04 bits per heavy atom. The first-order valence-corrected chi connectivity index (χ1v) is 14.0. The second kappa shape index (κ2) is 12.0. The molecule has 0 aromatic heterocycles. The number of hydrogen-bond donors (Lipinski definition) is 0. The summed E-state index contributed by atoms with van der Waals surface area (Å²) in [6.45, 7) is 2.58. The highest BCUT2D eigenvalue weighted by Gasteiger charge is 2.50. The number of allylic oxidation sites excluding steroid dienone is 2. The van der Waals surface area contributed by atoms with Crippen LogP contribution in [0.5, 0.6) is 5.75 Å². The number of carbonyl (C=O) groups excluding carboxylic acids is 3. The van der Waals surface area contributed by atoms with Crippen molar-refractivity contribution < 1.29 is 45.5 Å². The van der Waals surface area contributed by atoms with Crippen LogP contribution in [-0.4, -0.2) is 41.7 Å². The highest BCUT2D eigenvalue weighted by Crippen LogP contribution is 2.44. The molecule has 13 heteroatoms. The van der Waals surface area contributed by atoms with E-state index in [9.17, 15) is 46.0 Å². The molecular weight excluding hydrogens is 616 g/mol. The molecule has 2 heterocycles. The molecule has 3 aromatic carbocycles. The molecule has 3 aromatic rings. The molecule has 1 saturated heterocycles. The predicted molar refractivity (Wildman–Crippen MR) is 152 cm³/mol. The van der Waals surface area contributed by atoms with Crippen molar-refractivity contribution in [3.63, 3.8) is 0 Å². The molecule has 2 aliphatic heterocycles. The van der Waals surface area contributed by atoms with E-state index in [0.717, 1.165) is 47.4 Å². The number of benzene rings is 3. The van der Waals surface area contributed by atoms with Gasteiger partial charge in [-0.25, -0.2) is 0 Å². The van der Waals surface area contributed by atoms with Gasteiger partial charge in [-0.15, -0.1) is 0 Å². The summed E-state index contributed by atoms with van der Waals surface area (Å²) >= 11 is 0. The van der Waals surface area contributed by atoms with Crippen molar-refractivity contribution in [3.8, 4) is 11.8 Å². The third-order valence-electron chi connectivity index (χ3n) is 7.98. The van der Waals surface area contributed by atoms with Gasteiger partial charge in [0.1, 0.15) is 17.8 Å². The molecule has 0 N–H and O–H groups in total. The van der Waals surface area contributed by atoms with E-state index in [-0.39, 0.29) is 41.4 Å². The first kappa shape index (κ1) is 32.3. The van der Waals surface area contributed by atoms with Crippen LogP contribution in [-0.2, 0) is 26.7 Å². The molecule has 2 aliphatic rings. The van der Waals surface area contributed by atoms with Gasteiger partial charge in [0.15, 0.2) is 5.78 Å². The third-order valence-corrected chi connectivity index (χ3v) is 7.98. The normalized spacial score (nSPS) is 19.1. The van der Waals surface area contributed by atoms with Gasteiger partial charge in [0.2, 0.25) is 11.8 Å². The van der Waals surface area contributed by atoms with Crippen molar-refractivity contribution in [1.29, 1.82) is 5.26 Å². The summed E-state index contributed by atoms with van der Waals surface area (Å²) in [7, 11) is 0. The molecule has 2 unspecified atom stereocenters. The van der Waals surface area contributed by atoms with Gasteiger partial charge in [-0.3, -0.25) is 19.3 Å². The van der Waals surface area contributed by atoms with Crippen LogP contribution in [0.3, 0.4) is 0 Å². The fourth-order valence-corrected chi connectivity index (χ4v) is 5.75. The Morgan fingerprint density at radius 1 is 0.891 bits per heavy atom. The molecule has 7 nitrogen and oxygen atoms in total. The van der Waals surface area contributed by atoms with Crippen LogP contribution >= 0.6 is 0 Å². The zero-order valence-electron chi connectivity index (χ0n) is 24.3. The number of likely N-dealkylation sites (tertiary alicyclic amines) is 1. The van der Waals surface area contributed by atoms with Crippen LogP contribution in [0.4, 0.5) is 32.0 Å². The largest absolute Gasteiger partial charge is 0.487 e. The molecule has 2 atom stereocenters. The van der Waals surface area contributed by atoms with Crippen LogP contribution in [0.15, 0.2) is 84.1 Å². The van der Waals surface area contributed by atoms with E-state index < -0.39 is 59.0 Å². The average molecular weight is 642 g/mol. The quantitative estimate of drug-likeness (QED) is 0.227. The van der Waals surface area contributed by atoms with Crippen molar-refractivity contribution in [2.45, 2.75) is 38.2 Å². The highest BCUT2D eigenvalue weighted by molar-refractivity contribution is 6.15. The minimum absolute atomic E-state index is 0.0363. The molecule has 5 rings (SSSR count). The lowest BCUT2D eigenvalue weighted by Crippen LogP contribution is -2.61. The number of hydrogen-bond acceptors (Lipinski definition) is 5. The number of carbonyl (C=O) groups is 3. The summed E-state index contributed by atoms with van der Waals surface area (Å²) in [5.74, 6) is -4.63. The number of halogens is 6. The third kappa shape index (κ3) is 6.20. The van der Waals surface area contributed by atoms with Gasteiger partial charge >= 0.3 is 12.4 Å².